The first-order chi connectivity index (χ1) is 7.80. The molecule has 0 heterocycles. The highest BCUT2D eigenvalue weighted by Crippen LogP contribution is 2.20. The molecule has 0 aliphatic rings. The van der Waals surface area contributed by atoms with Gasteiger partial charge in [0.25, 0.3) is 0 Å². The van der Waals surface area contributed by atoms with E-state index in [4.69, 9.17) is 5.73 Å². The van der Waals surface area contributed by atoms with Crippen LogP contribution in [0.2, 0.25) is 0 Å². The fraction of sp³-hybridized carbons (Fsp3) is 0.571. The molecule has 96 valence electrons. The van der Waals surface area contributed by atoms with Crippen molar-refractivity contribution >= 4 is 15.9 Å². The van der Waals surface area contributed by atoms with E-state index in [-0.39, 0.29) is 11.5 Å². The van der Waals surface area contributed by atoms with Crippen LogP contribution in [0.25, 0.3) is 0 Å². The molecule has 0 radical (unpaired) electrons. The summed E-state index contributed by atoms with van der Waals surface area (Å²) < 4.78 is 1.16. The van der Waals surface area contributed by atoms with Crippen LogP contribution in [0.1, 0.15) is 26.3 Å². The molecule has 2 nitrogen and oxygen atoms in total. The molecule has 1 aromatic rings. The molecule has 0 fully saturated rings. The van der Waals surface area contributed by atoms with Crippen molar-refractivity contribution in [2.24, 2.45) is 11.1 Å². The van der Waals surface area contributed by atoms with E-state index in [2.05, 4.69) is 66.8 Å². The maximum atomic E-state index is 6.19. The van der Waals surface area contributed by atoms with Gasteiger partial charge in [-0.15, -0.1) is 0 Å². The maximum Gasteiger partial charge on any atom is 0.0242 e. The predicted octanol–water partition coefficient (Wildman–Crippen LogP) is 3.25. The largest absolute Gasteiger partial charge is 0.326 e. The highest BCUT2D eigenvalue weighted by Gasteiger charge is 2.21. The molecular formula is C14H23BrN2. The van der Waals surface area contributed by atoms with Crippen molar-refractivity contribution in [2.45, 2.75) is 33.4 Å². The van der Waals surface area contributed by atoms with E-state index in [0.717, 1.165) is 17.6 Å². The smallest absolute Gasteiger partial charge is 0.0242 e. The molecule has 1 atom stereocenters. The summed E-state index contributed by atoms with van der Waals surface area (Å²) in [5, 5.41) is 0. The number of likely N-dealkylation sites (N-methyl/N-ethyl adjacent to an activating group) is 1. The Labute approximate surface area is 113 Å². The first-order valence-electron chi connectivity index (χ1n) is 5.98. The van der Waals surface area contributed by atoms with E-state index in [1.165, 1.54) is 5.56 Å². The van der Waals surface area contributed by atoms with Crippen molar-refractivity contribution in [2.75, 3.05) is 13.6 Å². The number of hydrogen-bond donors (Lipinski definition) is 1. The number of nitrogens with zero attached hydrogens (tertiary/aromatic N) is 1. The summed E-state index contributed by atoms with van der Waals surface area (Å²) in [6.45, 7) is 8.38. The van der Waals surface area contributed by atoms with Crippen molar-refractivity contribution in [1.29, 1.82) is 0 Å². The Morgan fingerprint density at radius 3 is 2.41 bits per heavy atom. The summed E-state index contributed by atoms with van der Waals surface area (Å²) in [6.07, 6.45) is 0. The monoisotopic (exact) mass is 298 g/mol. The van der Waals surface area contributed by atoms with E-state index in [1.54, 1.807) is 0 Å². The van der Waals surface area contributed by atoms with Crippen molar-refractivity contribution < 1.29 is 0 Å². The summed E-state index contributed by atoms with van der Waals surface area (Å²) in [4.78, 5) is 2.27. The average molecular weight is 299 g/mol. The summed E-state index contributed by atoms with van der Waals surface area (Å²) >= 11 is 3.57. The SMILES string of the molecule is CN(Cc1ccccc1Br)C[C@H](N)C(C)(C)C. The Morgan fingerprint density at radius 2 is 1.88 bits per heavy atom. The lowest BCUT2D eigenvalue weighted by molar-refractivity contribution is 0.222. The fourth-order valence-corrected chi connectivity index (χ4v) is 2.00. The number of benzene rings is 1. The minimum absolute atomic E-state index is 0.155. The van der Waals surface area contributed by atoms with Gasteiger partial charge in [-0.2, -0.15) is 0 Å². The van der Waals surface area contributed by atoms with Gasteiger partial charge in [-0.3, -0.25) is 0 Å². The van der Waals surface area contributed by atoms with Gasteiger partial charge >= 0.3 is 0 Å². The predicted molar refractivity (Wildman–Crippen MR) is 77.9 cm³/mol. The molecule has 0 aliphatic carbocycles. The number of hydrogen-bond acceptors (Lipinski definition) is 2. The lowest BCUT2D eigenvalue weighted by Crippen LogP contribution is -2.43. The molecule has 17 heavy (non-hydrogen) atoms. The topological polar surface area (TPSA) is 29.3 Å². The molecule has 2 N–H and O–H groups in total. The molecule has 0 amide bonds. The van der Waals surface area contributed by atoms with Crippen LogP contribution in [0.15, 0.2) is 28.7 Å². The van der Waals surface area contributed by atoms with Gasteiger partial charge in [-0.1, -0.05) is 54.9 Å². The zero-order valence-corrected chi connectivity index (χ0v) is 12.8. The molecule has 0 saturated carbocycles. The highest BCUT2D eigenvalue weighted by molar-refractivity contribution is 9.10. The Morgan fingerprint density at radius 1 is 1.29 bits per heavy atom. The second-order valence-corrected chi connectivity index (χ2v) is 6.62. The minimum atomic E-state index is 0.155. The Kier molecular flexibility index (Phi) is 5.17. The van der Waals surface area contributed by atoms with Gasteiger partial charge in [0, 0.05) is 23.6 Å². The van der Waals surface area contributed by atoms with Gasteiger partial charge < -0.3 is 10.6 Å². The Bertz CT molecular complexity index is 357. The summed E-state index contributed by atoms with van der Waals surface area (Å²) in [7, 11) is 2.12. The third-order valence-corrected chi connectivity index (χ3v) is 3.79. The number of rotatable bonds is 4. The second kappa shape index (κ2) is 5.98. The first-order valence-corrected chi connectivity index (χ1v) is 6.77. The van der Waals surface area contributed by atoms with E-state index >= 15 is 0 Å². The van der Waals surface area contributed by atoms with Crippen LogP contribution in [0.3, 0.4) is 0 Å². The molecule has 0 aromatic heterocycles. The molecule has 0 aliphatic heterocycles. The third-order valence-electron chi connectivity index (χ3n) is 3.02. The van der Waals surface area contributed by atoms with Crippen molar-refractivity contribution in [3.63, 3.8) is 0 Å². The lowest BCUT2D eigenvalue weighted by Gasteiger charge is -2.31. The molecule has 0 bridgehead atoms. The Hall–Kier alpha value is -0.380. The van der Waals surface area contributed by atoms with E-state index in [1.807, 2.05) is 6.07 Å². The maximum absolute atomic E-state index is 6.19. The molecule has 0 spiro atoms. The molecule has 1 rings (SSSR count). The van der Waals surface area contributed by atoms with E-state index in [0.29, 0.717) is 0 Å². The Balaban J connectivity index is 2.56. The van der Waals surface area contributed by atoms with Crippen molar-refractivity contribution in [3.05, 3.63) is 34.3 Å². The van der Waals surface area contributed by atoms with Crippen LogP contribution in [-0.4, -0.2) is 24.5 Å². The molecule has 0 saturated heterocycles. The van der Waals surface area contributed by atoms with Crippen LogP contribution in [0.5, 0.6) is 0 Å². The average Bonchev–Trinajstić information content (AvgIpc) is 2.20. The van der Waals surface area contributed by atoms with E-state index in [9.17, 15) is 0 Å². The van der Waals surface area contributed by atoms with Gasteiger partial charge in [0.05, 0.1) is 0 Å². The van der Waals surface area contributed by atoms with Crippen LogP contribution >= 0.6 is 15.9 Å². The van der Waals surface area contributed by atoms with Gasteiger partial charge in [-0.05, 0) is 24.1 Å². The minimum Gasteiger partial charge on any atom is -0.326 e. The van der Waals surface area contributed by atoms with Crippen LogP contribution in [0, 0.1) is 5.41 Å². The van der Waals surface area contributed by atoms with Crippen LogP contribution in [-0.2, 0) is 6.54 Å². The zero-order chi connectivity index (χ0) is 13.1. The molecule has 1 aromatic carbocycles. The van der Waals surface area contributed by atoms with E-state index < -0.39 is 0 Å². The normalized spacial score (nSPS) is 14.1. The fourth-order valence-electron chi connectivity index (χ4n) is 1.59. The second-order valence-electron chi connectivity index (χ2n) is 5.76. The molecule has 0 unspecified atom stereocenters. The van der Waals surface area contributed by atoms with Gasteiger partial charge in [0.1, 0.15) is 0 Å². The third kappa shape index (κ3) is 4.78. The highest BCUT2D eigenvalue weighted by atomic mass is 79.9. The van der Waals surface area contributed by atoms with Crippen LogP contribution < -0.4 is 5.73 Å². The quantitative estimate of drug-likeness (QED) is 0.924. The van der Waals surface area contributed by atoms with Gasteiger partial charge in [-0.25, -0.2) is 0 Å². The van der Waals surface area contributed by atoms with Crippen molar-refractivity contribution in [1.82, 2.24) is 4.90 Å². The number of halogens is 1. The standard InChI is InChI=1S/C14H23BrN2/c1-14(2,3)13(16)10-17(4)9-11-7-5-6-8-12(11)15/h5-8,13H,9-10,16H2,1-4H3/t13-/m0/s1. The van der Waals surface area contributed by atoms with Gasteiger partial charge in [0.2, 0.25) is 0 Å². The van der Waals surface area contributed by atoms with Crippen LogP contribution in [0.4, 0.5) is 0 Å². The summed E-state index contributed by atoms with van der Waals surface area (Å²) in [5.74, 6) is 0. The molecule has 3 heteroatoms. The summed E-state index contributed by atoms with van der Waals surface area (Å²) in [5.41, 5.74) is 7.65. The zero-order valence-electron chi connectivity index (χ0n) is 11.2. The van der Waals surface area contributed by atoms with Crippen molar-refractivity contribution in [3.8, 4) is 0 Å². The first kappa shape index (κ1) is 14.7. The number of nitrogens with two attached hydrogens (primary N) is 1. The lowest BCUT2D eigenvalue weighted by atomic mass is 9.87. The van der Waals surface area contributed by atoms with Gasteiger partial charge in [0.15, 0.2) is 0 Å². The summed E-state index contributed by atoms with van der Waals surface area (Å²) in [6, 6.07) is 8.51. The molecular weight excluding hydrogens is 276 g/mol.